The number of benzene rings is 1. The predicted molar refractivity (Wildman–Crippen MR) is 51.4 cm³/mol. The van der Waals surface area contributed by atoms with Crippen molar-refractivity contribution < 1.29 is 4.74 Å². The summed E-state index contributed by atoms with van der Waals surface area (Å²) < 4.78 is 5.39. The SMILES string of the molecule is C/C=C/Oc1cccc(C)c1C. The maximum absolute atomic E-state index is 5.39. The van der Waals surface area contributed by atoms with Gasteiger partial charge in [0.1, 0.15) is 5.75 Å². The van der Waals surface area contributed by atoms with E-state index in [1.165, 1.54) is 11.1 Å². The van der Waals surface area contributed by atoms with Gasteiger partial charge in [-0.1, -0.05) is 18.2 Å². The topological polar surface area (TPSA) is 9.23 Å². The van der Waals surface area contributed by atoms with Crippen LogP contribution < -0.4 is 4.74 Å². The Balaban J connectivity index is 2.92. The molecule has 1 aromatic carbocycles. The van der Waals surface area contributed by atoms with Crippen LogP contribution in [0.5, 0.6) is 5.75 Å². The molecule has 0 heterocycles. The molecule has 1 rings (SSSR count). The molecule has 0 N–H and O–H groups in total. The van der Waals surface area contributed by atoms with Gasteiger partial charge in [0, 0.05) is 0 Å². The van der Waals surface area contributed by atoms with E-state index in [0.717, 1.165) is 5.75 Å². The number of allylic oxidation sites excluding steroid dienone is 1. The predicted octanol–water partition coefficient (Wildman–Crippen LogP) is 3.22. The third-order valence-electron chi connectivity index (χ3n) is 1.89. The van der Waals surface area contributed by atoms with Crippen molar-refractivity contribution in [1.82, 2.24) is 0 Å². The van der Waals surface area contributed by atoms with Gasteiger partial charge in [0.15, 0.2) is 0 Å². The molecule has 0 unspecified atom stereocenters. The van der Waals surface area contributed by atoms with Crippen LogP contribution in [0.2, 0.25) is 0 Å². The van der Waals surface area contributed by atoms with E-state index < -0.39 is 0 Å². The number of ether oxygens (including phenoxy) is 1. The van der Waals surface area contributed by atoms with Gasteiger partial charge in [-0.25, -0.2) is 0 Å². The fraction of sp³-hybridized carbons (Fsp3) is 0.273. The van der Waals surface area contributed by atoms with E-state index in [1.54, 1.807) is 6.26 Å². The molecular formula is C11H14O. The smallest absolute Gasteiger partial charge is 0.129 e. The first-order valence-electron chi connectivity index (χ1n) is 4.09. The van der Waals surface area contributed by atoms with Crippen molar-refractivity contribution in [2.45, 2.75) is 20.8 Å². The highest BCUT2D eigenvalue weighted by atomic mass is 16.5. The standard InChI is InChI=1S/C11H14O/c1-4-8-12-11-7-5-6-9(2)10(11)3/h4-8H,1-3H3/b8-4+. The molecule has 0 aliphatic heterocycles. The van der Waals surface area contributed by atoms with Crippen LogP contribution in [0.25, 0.3) is 0 Å². The molecule has 12 heavy (non-hydrogen) atoms. The van der Waals surface area contributed by atoms with Crippen LogP contribution in [0.3, 0.4) is 0 Å². The van der Waals surface area contributed by atoms with Crippen molar-refractivity contribution >= 4 is 0 Å². The van der Waals surface area contributed by atoms with E-state index in [9.17, 15) is 0 Å². The van der Waals surface area contributed by atoms with Crippen LogP contribution in [0.4, 0.5) is 0 Å². The van der Waals surface area contributed by atoms with Gasteiger partial charge in [-0.15, -0.1) is 0 Å². The highest BCUT2D eigenvalue weighted by Crippen LogP contribution is 2.20. The molecule has 0 bridgehead atoms. The van der Waals surface area contributed by atoms with Crippen LogP contribution in [-0.2, 0) is 0 Å². The third kappa shape index (κ3) is 1.88. The molecule has 0 aromatic heterocycles. The Morgan fingerprint density at radius 2 is 2.00 bits per heavy atom. The molecule has 0 saturated heterocycles. The van der Waals surface area contributed by atoms with Gasteiger partial charge in [0.05, 0.1) is 6.26 Å². The highest BCUT2D eigenvalue weighted by molar-refractivity contribution is 5.38. The lowest BCUT2D eigenvalue weighted by Crippen LogP contribution is -1.87. The molecule has 0 aliphatic carbocycles. The quantitative estimate of drug-likeness (QED) is 0.607. The van der Waals surface area contributed by atoms with Crippen LogP contribution >= 0.6 is 0 Å². The van der Waals surface area contributed by atoms with Gasteiger partial charge < -0.3 is 4.74 Å². The van der Waals surface area contributed by atoms with Crippen LogP contribution in [-0.4, -0.2) is 0 Å². The average Bonchev–Trinajstić information content (AvgIpc) is 2.08. The molecule has 0 atom stereocenters. The van der Waals surface area contributed by atoms with E-state index in [2.05, 4.69) is 19.9 Å². The lowest BCUT2D eigenvalue weighted by molar-refractivity contribution is 0.476. The Hall–Kier alpha value is -1.24. The summed E-state index contributed by atoms with van der Waals surface area (Å²) in [5.41, 5.74) is 2.47. The Bertz CT molecular complexity index is 287. The first kappa shape index (κ1) is 8.85. The van der Waals surface area contributed by atoms with E-state index >= 15 is 0 Å². The number of rotatable bonds is 2. The zero-order chi connectivity index (χ0) is 8.97. The molecule has 0 fully saturated rings. The fourth-order valence-corrected chi connectivity index (χ4v) is 0.993. The summed E-state index contributed by atoms with van der Waals surface area (Å²) in [5.74, 6) is 0.938. The first-order valence-corrected chi connectivity index (χ1v) is 4.09. The summed E-state index contributed by atoms with van der Waals surface area (Å²) in [4.78, 5) is 0. The molecule has 1 nitrogen and oxygen atoms in total. The minimum Gasteiger partial charge on any atom is -0.465 e. The minimum atomic E-state index is 0.938. The third-order valence-corrected chi connectivity index (χ3v) is 1.89. The van der Waals surface area contributed by atoms with Gasteiger partial charge in [-0.2, -0.15) is 0 Å². The molecular weight excluding hydrogens is 148 g/mol. The zero-order valence-corrected chi connectivity index (χ0v) is 7.79. The second kappa shape index (κ2) is 3.96. The van der Waals surface area contributed by atoms with Gasteiger partial charge >= 0.3 is 0 Å². The van der Waals surface area contributed by atoms with Crippen molar-refractivity contribution in [1.29, 1.82) is 0 Å². The maximum Gasteiger partial charge on any atom is 0.129 e. The lowest BCUT2D eigenvalue weighted by atomic mass is 10.1. The number of aryl methyl sites for hydroxylation is 1. The lowest BCUT2D eigenvalue weighted by Gasteiger charge is -2.06. The second-order valence-electron chi connectivity index (χ2n) is 2.79. The summed E-state index contributed by atoms with van der Waals surface area (Å²) in [6.07, 6.45) is 3.57. The monoisotopic (exact) mass is 162 g/mol. The largest absolute Gasteiger partial charge is 0.465 e. The van der Waals surface area contributed by atoms with Crippen molar-refractivity contribution in [3.05, 3.63) is 41.7 Å². The summed E-state index contributed by atoms with van der Waals surface area (Å²) >= 11 is 0. The molecule has 1 aromatic rings. The molecule has 1 heteroatoms. The van der Waals surface area contributed by atoms with Crippen LogP contribution in [0, 0.1) is 13.8 Å². The highest BCUT2D eigenvalue weighted by Gasteiger charge is 1.98. The molecule has 0 radical (unpaired) electrons. The minimum absolute atomic E-state index is 0.938. The summed E-state index contributed by atoms with van der Waals surface area (Å²) in [6, 6.07) is 6.06. The molecule has 0 aliphatic rings. The van der Waals surface area contributed by atoms with Gasteiger partial charge in [0.25, 0.3) is 0 Å². The first-order chi connectivity index (χ1) is 5.75. The Labute approximate surface area is 73.7 Å². The Morgan fingerprint density at radius 3 is 2.67 bits per heavy atom. The van der Waals surface area contributed by atoms with E-state index in [1.807, 2.05) is 25.1 Å². The molecule has 64 valence electrons. The number of hydrogen-bond donors (Lipinski definition) is 0. The van der Waals surface area contributed by atoms with Gasteiger partial charge in [0.2, 0.25) is 0 Å². The molecule has 0 saturated carbocycles. The maximum atomic E-state index is 5.39. The van der Waals surface area contributed by atoms with E-state index in [4.69, 9.17) is 4.74 Å². The Morgan fingerprint density at radius 1 is 1.25 bits per heavy atom. The zero-order valence-electron chi connectivity index (χ0n) is 7.79. The molecule has 0 amide bonds. The average molecular weight is 162 g/mol. The van der Waals surface area contributed by atoms with Gasteiger partial charge in [-0.05, 0) is 38.0 Å². The van der Waals surface area contributed by atoms with Crippen molar-refractivity contribution in [3.63, 3.8) is 0 Å². The van der Waals surface area contributed by atoms with Crippen LogP contribution in [0.15, 0.2) is 30.5 Å². The van der Waals surface area contributed by atoms with Crippen LogP contribution in [0.1, 0.15) is 18.1 Å². The Kier molecular flexibility index (Phi) is 2.92. The second-order valence-corrected chi connectivity index (χ2v) is 2.79. The van der Waals surface area contributed by atoms with E-state index in [0.29, 0.717) is 0 Å². The van der Waals surface area contributed by atoms with Gasteiger partial charge in [-0.3, -0.25) is 0 Å². The normalized spacial score (nSPS) is 10.6. The summed E-state index contributed by atoms with van der Waals surface area (Å²) in [7, 11) is 0. The summed E-state index contributed by atoms with van der Waals surface area (Å²) in [5, 5.41) is 0. The van der Waals surface area contributed by atoms with Crippen molar-refractivity contribution in [2.24, 2.45) is 0 Å². The van der Waals surface area contributed by atoms with Crippen molar-refractivity contribution in [3.8, 4) is 5.75 Å². The van der Waals surface area contributed by atoms with E-state index in [-0.39, 0.29) is 0 Å². The van der Waals surface area contributed by atoms with Crippen molar-refractivity contribution in [2.75, 3.05) is 0 Å². The number of hydrogen-bond acceptors (Lipinski definition) is 1. The summed E-state index contributed by atoms with van der Waals surface area (Å²) in [6.45, 7) is 6.08. The molecule has 0 spiro atoms. The fourth-order valence-electron chi connectivity index (χ4n) is 0.993.